The minimum atomic E-state index is -0.453. The van der Waals surface area contributed by atoms with Crippen molar-refractivity contribution in [2.75, 3.05) is 6.61 Å². The van der Waals surface area contributed by atoms with Crippen molar-refractivity contribution < 1.29 is 14.3 Å². The molecule has 7 heteroatoms. The lowest BCUT2D eigenvalue weighted by molar-refractivity contribution is -0.123. The van der Waals surface area contributed by atoms with Crippen LogP contribution in [0.1, 0.15) is 10.4 Å². The maximum Gasteiger partial charge on any atom is 0.276 e. The summed E-state index contributed by atoms with van der Waals surface area (Å²) < 4.78 is 6.25. The second-order valence-electron chi connectivity index (χ2n) is 4.99. The van der Waals surface area contributed by atoms with Crippen LogP contribution in [0.25, 0.3) is 10.9 Å². The van der Waals surface area contributed by atoms with E-state index in [0.29, 0.717) is 11.3 Å². The van der Waals surface area contributed by atoms with E-state index in [0.717, 1.165) is 15.4 Å². The monoisotopic (exact) mass is 387 g/mol. The summed E-state index contributed by atoms with van der Waals surface area (Å²) in [4.78, 5) is 26.9. The van der Waals surface area contributed by atoms with Crippen LogP contribution >= 0.6 is 15.9 Å². The Morgan fingerprint density at radius 3 is 2.58 bits per heavy atom. The number of hydrogen-bond donors (Lipinski definition) is 3. The van der Waals surface area contributed by atoms with Gasteiger partial charge in [-0.1, -0.05) is 34.1 Å². The topological polar surface area (TPSA) is 83.2 Å². The van der Waals surface area contributed by atoms with E-state index in [2.05, 4.69) is 31.8 Å². The molecule has 0 saturated heterocycles. The van der Waals surface area contributed by atoms with Gasteiger partial charge in [-0.25, -0.2) is 0 Å². The average molecular weight is 388 g/mol. The van der Waals surface area contributed by atoms with Crippen LogP contribution in [-0.4, -0.2) is 23.4 Å². The molecule has 1 aromatic heterocycles. The molecular weight excluding hydrogens is 374 g/mol. The molecule has 0 spiro atoms. The van der Waals surface area contributed by atoms with Crippen molar-refractivity contribution in [3.05, 3.63) is 64.8 Å². The summed E-state index contributed by atoms with van der Waals surface area (Å²) in [5, 5.41) is 0.787. The first-order valence-corrected chi connectivity index (χ1v) is 7.96. The Kier molecular flexibility index (Phi) is 4.81. The number of hydrogen-bond acceptors (Lipinski definition) is 3. The van der Waals surface area contributed by atoms with Crippen LogP contribution in [-0.2, 0) is 4.79 Å². The quantitative estimate of drug-likeness (QED) is 0.601. The van der Waals surface area contributed by atoms with Gasteiger partial charge >= 0.3 is 0 Å². The molecule has 3 N–H and O–H groups in total. The number of hydrazine groups is 1. The molecule has 0 aliphatic rings. The zero-order valence-corrected chi connectivity index (χ0v) is 14.1. The zero-order chi connectivity index (χ0) is 16.9. The molecule has 6 nitrogen and oxygen atoms in total. The Labute approximate surface area is 146 Å². The maximum atomic E-state index is 12.1. The first kappa shape index (κ1) is 16.1. The van der Waals surface area contributed by atoms with Gasteiger partial charge in [-0.3, -0.25) is 20.4 Å². The van der Waals surface area contributed by atoms with Gasteiger partial charge in [0.2, 0.25) is 0 Å². The number of fused-ring (bicyclic) bond motifs is 1. The van der Waals surface area contributed by atoms with Crippen molar-refractivity contribution in [2.45, 2.75) is 0 Å². The largest absolute Gasteiger partial charge is 0.484 e. The molecular formula is C17H14BrN3O3. The number of para-hydroxylation sites is 1. The van der Waals surface area contributed by atoms with Crippen LogP contribution in [0.15, 0.2) is 59.2 Å². The van der Waals surface area contributed by atoms with Gasteiger partial charge in [0, 0.05) is 21.6 Å². The third-order valence-corrected chi connectivity index (χ3v) is 3.86. The predicted molar refractivity (Wildman–Crippen MR) is 93.5 cm³/mol. The van der Waals surface area contributed by atoms with Gasteiger partial charge < -0.3 is 9.72 Å². The van der Waals surface area contributed by atoms with E-state index in [1.807, 2.05) is 36.4 Å². The summed E-state index contributed by atoms with van der Waals surface area (Å²) in [6.45, 7) is -0.199. The fraction of sp³-hybridized carbons (Fsp3) is 0.0588. The van der Waals surface area contributed by atoms with Crippen LogP contribution < -0.4 is 15.6 Å². The van der Waals surface area contributed by atoms with E-state index in [-0.39, 0.29) is 6.61 Å². The number of rotatable bonds is 4. The van der Waals surface area contributed by atoms with Gasteiger partial charge in [0.1, 0.15) is 5.75 Å². The number of nitrogens with one attached hydrogen (secondary N) is 3. The maximum absolute atomic E-state index is 12.1. The van der Waals surface area contributed by atoms with Crippen molar-refractivity contribution in [1.29, 1.82) is 0 Å². The normalized spacial score (nSPS) is 10.4. The third-order valence-electron chi connectivity index (χ3n) is 3.33. The molecule has 2 aromatic carbocycles. The lowest BCUT2D eigenvalue weighted by atomic mass is 10.2. The van der Waals surface area contributed by atoms with Crippen LogP contribution in [0.4, 0.5) is 0 Å². The van der Waals surface area contributed by atoms with E-state index in [9.17, 15) is 9.59 Å². The number of aromatic amines is 1. The summed E-state index contributed by atoms with van der Waals surface area (Å²) >= 11 is 3.32. The molecule has 0 aliphatic heterocycles. The summed E-state index contributed by atoms with van der Waals surface area (Å²) in [6, 6.07) is 14.5. The number of aromatic nitrogens is 1. The number of carbonyl (C=O) groups is 2. The summed E-state index contributed by atoms with van der Waals surface area (Å²) in [5.74, 6) is -0.285. The molecule has 3 aromatic rings. The second kappa shape index (κ2) is 7.18. The lowest BCUT2D eigenvalue weighted by Crippen LogP contribution is -2.43. The minimum Gasteiger partial charge on any atom is -0.484 e. The summed E-state index contributed by atoms with van der Waals surface area (Å²) in [5.41, 5.74) is 6.02. The second-order valence-corrected chi connectivity index (χ2v) is 5.91. The number of amides is 2. The van der Waals surface area contributed by atoms with Crippen molar-refractivity contribution in [1.82, 2.24) is 15.8 Å². The fourth-order valence-corrected chi connectivity index (χ4v) is 2.43. The standard InChI is InChI=1S/C17H14BrN3O3/c18-11-5-7-12(8-6-11)24-10-16(22)20-21-17(23)14-9-19-15-4-2-1-3-13(14)15/h1-9,19H,10H2,(H,20,22)(H,21,23). The van der Waals surface area contributed by atoms with Crippen molar-refractivity contribution in [3.63, 3.8) is 0 Å². The van der Waals surface area contributed by atoms with Gasteiger partial charge in [-0.2, -0.15) is 0 Å². The van der Waals surface area contributed by atoms with Gasteiger partial charge in [0.25, 0.3) is 11.8 Å². The summed E-state index contributed by atoms with van der Waals surface area (Å²) in [7, 11) is 0. The molecule has 2 amide bonds. The number of carbonyl (C=O) groups excluding carboxylic acids is 2. The van der Waals surface area contributed by atoms with E-state index >= 15 is 0 Å². The van der Waals surface area contributed by atoms with E-state index in [1.54, 1.807) is 18.3 Å². The predicted octanol–water partition coefficient (Wildman–Crippen LogP) is 2.77. The number of ether oxygens (including phenoxy) is 1. The highest BCUT2D eigenvalue weighted by molar-refractivity contribution is 9.10. The molecule has 0 radical (unpaired) electrons. The number of halogens is 1. The zero-order valence-electron chi connectivity index (χ0n) is 12.5. The Morgan fingerprint density at radius 2 is 1.79 bits per heavy atom. The molecule has 0 bridgehead atoms. The molecule has 1 heterocycles. The van der Waals surface area contributed by atoms with Crippen LogP contribution in [0.5, 0.6) is 5.75 Å². The Balaban J connectivity index is 1.52. The Hall–Kier alpha value is -2.80. The third kappa shape index (κ3) is 3.75. The highest BCUT2D eigenvalue weighted by atomic mass is 79.9. The number of H-pyrrole nitrogens is 1. The van der Waals surface area contributed by atoms with Gasteiger partial charge in [0.05, 0.1) is 5.56 Å². The molecule has 0 aliphatic carbocycles. The van der Waals surface area contributed by atoms with Gasteiger partial charge in [-0.05, 0) is 30.3 Å². The van der Waals surface area contributed by atoms with Gasteiger partial charge in [-0.15, -0.1) is 0 Å². The van der Waals surface area contributed by atoms with Crippen molar-refractivity contribution in [3.8, 4) is 5.75 Å². The molecule has 0 atom stereocenters. The molecule has 0 fully saturated rings. The number of benzene rings is 2. The molecule has 0 saturated carbocycles. The molecule has 3 rings (SSSR count). The SMILES string of the molecule is O=C(COc1ccc(Br)cc1)NNC(=O)c1c[nH]c2ccccc12. The molecule has 122 valence electrons. The van der Waals surface area contributed by atoms with E-state index in [1.165, 1.54) is 0 Å². The fourth-order valence-electron chi connectivity index (χ4n) is 2.17. The first-order valence-electron chi connectivity index (χ1n) is 7.17. The van der Waals surface area contributed by atoms with Crippen LogP contribution in [0.3, 0.4) is 0 Å². The smallest absolute Gasteiger partial charge is 0.276 e. The first-order chi connectivity index (χ1) is 11.6. The minimum absolute atomic E-state index is 0.199. The van der Waals surface area contributed by atoms with Crippen LogP contribution in [0.2, 0.25) is 0 Å². The van der Waals surface area contributed by atoms with Crippen molar-refractivity contribution in [2.24, 2.45) is 0 Å². The average Bonchev–Trinajstić information content (AvgIpc) is 3.03. The van der Waals surface area contributed by atoms with Crippen LogP contribution in [0, 0.1) is 0 Å². The Morgan fingerprint density at radius 1 is 1.04 bits per heavy atom. The Bertz CT molecular complexity index is 874. The molecule has 0 unspecified atom stereocenters. The highest BCUT2D eigenvalue weighted by Crippen LogP contribution is 2.17. The van der Waals surface area contributed by atoms with E-state index < -0.39 is 11.8 Å². The van der Waals surface area contributed by atoms with Crippen molar-refractivity contribution >= 4 is 38.6 Å². The summed E-state index contributed by atoms with van der Waals surface area (Å²) in [6.07, 6.45) is 1.60. The molecule has 24 heavy (non-hydrogen) atoms. The van der Waals surface area contributed by atoms with E-state index in [4.69, 9.17) is 4.74 Å². The lowest BCUT2D eigenvalue weighted by Gasteiger charge is -2.08. The highest BCUT2D eigenvalue weighted by Gasteiger charge is 2.12. The van der Waals surface area contributed by atoms with Gasteiger partial charge in [0.15, 0.2) is 6.61 Å².